The molecule has 1 amide bonds. The molecule has 1 aliphatic rings. The lowest BCUT2D eigenvalue weighted by molar-refractivity contribution is 0.0884. The first-order valence-corrected chi connectivity index (χ1v) is 6.27. The van der Waals surface area contributed by atoms with Gasteiger partial charge in [-0.1, -0.05) is 6.92 Å². The van der Waals surface area contributed by atoms with Crippen LogP contribution in [0.25, 0.3) is 0 Å². The van der Waals surface area contributed by atoms with E-state index in [0.717, 1.165) is 19.5 Å². The quantitative estimate of drug-likeness (QED) is 0.809. The van der Waals surface area contributed by atoms with Crippen LogP contribution in [0, 0.1) is 5.92 Å². The van der Waals surface area contributed by atoms with Crippen molar-refractivity contribution in [2.45, 2.75) is 19.4 Å². The van der Waals surface area contributed by atoms with Crippen LogP contribution in [0.2, 0.25) is 0 Å². The zero-order chi connectivity index (χ0) is 13.1. The Morgan fingerprint density at radius 1 is 1.61 bits per heavy atom. The van der Waals surface area contributed by atoms with Crippen molar-refractivity contribution in [2.75, 3.05) is 25.9 Å². The topological polar surface area (TPSA) is 71.2 Å². The van der Waals surface area contributed by atoms with Gasteiger partial charge in [-0.05, 0) is 38.1 Å². The number of aromatic nitrogens is 1. The number of nitrogens with one attached hydrogen (secondary N) is 1. The fourth-order valence-electron chi connectivity index (χ4n) is 2.41. The summed E-state index contributed by atoms with van der Waals surface area (Å²) in [5.74, 6) is 0.775. The monoisotopic (exact) mass is 248 g/mol. The van der Waals surface area contributed by atoms with E-state index in [9.17, 15) is 4.79 Å². The lowest BCUT2D eigenvalue weighted by atomic mass is 9.94. The molecule has 18 heavy (non-hydrogen) atoms. The fraction of sp³-hybridized carbons (Fsp3) is 0.538. The van der Waals surface area contributed by atoms with Crippen LogP contribution in [0.4, 0.5) is 5.82 Å². The third kappa shape index (κ3) is 2.98. The summed E-state index contributed by atoms with van der Waals surface area (Å²) >= 11 is 0. The lowest BCUT2D eigenvalue weighted by Crippen LogP contribution is -2.48. The van der Waals surface area contributed by atoms with E-state index in [2.05, 4.69) is 29.2 Å². The van der Waals surface area contributed by atoms with Crippen LogP contribution in [-0.4, -0.2) is 42.0 Å². The maximum absolute atomic E-state index is 12.1. The highest BCUT2D eigenvalue weighted by Crippen LogP contribution is 2.16. The minimum Gasteiger partial charge on any atom is -0.384 e. The van der Waals surface area contributed by atoms with Crippen molar-refractivity contribution in [3.63, 3.8) is 0 Å². The molecule has 3 N–H and O–H groups in total. The molecule has 0 radical (unpaired) electrons. The van der Waals surface area contributed by atoms with Crippen LogP contribution in [0.15, 0.2) is 18.3 Å². The van der Waals surface area contributed by atoms with E-state index in [1.807, 2.05) is 0 Å². The summed E-state index contributed by atoms with van der Waals surface area (Å²) < 4.78 is 0. The molecule has 0 saturated carbocycles. The van der Waals surface area contributed by atoms with Gasteiger partial charge in [0, 0.05) is 24.3 Å². The van der Waals surface area contributed by atoms with E-state index >= 15 is 0 Å². The Labute approximate surface area is 107 Å². The number of amides is 1. The molecule has 98 valence electrons. The van der Waals surface area contributed by atoms with Crippen molar-refractivity contribution in [3.8, 4) is 0 Å². The van der Waals surface area contributed by atoms with Crippen molar-refractivity contribution in [1.82, 2.24) is 15.2 Å². The predicted molar refractivity (Wildman–Crippen MR) is 71.2 cm³/mol. The number of carbonyl (C=O) groups is 1. The first kappa shape index (κ1) is 12.8. The number of piperidine rings is 1. The molecular weight excluding hydrogens is 228 g/mol. The van der Waals surface area contributed by atoms with Gasteiger partial charge in [0.25, 0.3) is 5.91 Å². The molecule has 0 aromatic carbocycles. The van der Waals surface area contributed by atoms with Crippen LogP contribution in [0.3, 0.4) is 0 Å². The van der Waals surface area contributed by atoms with E-state index in [1.54, 1.807) is 18.3 Å². The summed E-state index contributed by atoms with van der Waals surface area (Å²) in [4.78, 5) is 18.3. The van der Waals surface area contributed by atoms with Gasteiger partial charge >= 0.3 is 0 Å². The third-order valence-electron chi connectivity index (χ3n) is 3.47. The number of anilines is 1. The molecule has 2 heterocycles. The number of hydrogen-bond donors (Lipinski definition) is 2. The number of nitrogens with two attached hydrogens (primary N) is 1. The number of carbonyl (C=O) groups excluding carboxylic acids is 1. The molecular formula is C13H20N4O. The van der Waals surface area contributed by atoms with E-state index in [4.69, 9.17) is 5.73 Å². The highest BCUT2D eigenvalue weighted by molar-refractivity contribution is 5.94. The molecule has 0 spiro atoms. The predicted octanol–water partition coefficient (Wildman–Crippen LogP) is 0.734. The van der Waals surface area contributed by atoms with Gasteiger partial charge in [0.05, 0.1) is 0 Å². The highest BCUT2D eigenvalue weighted by atomic mass is 16.1. The van der Waals surface area contributed by atoms with E-state index < -0.39 is 0 Å². The Morgan fingerprint density at radius 3 is 3.06 bits per heavy atom. The van der Waals surface area contributed by atoms with Crippen LogP contribution < -0.4 is 11.1 Å². The van der Waals surface area contributed by atoms with E-state index in [1.165, 1.54) is 0 Å². The van der Waals surface area contributed by atoms with Crippen molar-refractivity contribution in [3.05, 3.63) is 23.9 Å². The number of rotatable bonds is 2. The molecule has 1 fully saturated rings. The number of hydrogen-bond acceptors (Lipinski definition) is 4. The van der Waals surface area contributed by atoms with Crippen LogP contribution >= 0.6 is 0 Å². The second-order valence-electron chi connectivity index (χ2n) is 5.08. The van der Waals surface area contributed by atoms with Crippen LogP contribution in [0.1, 0.15) is 23.7 Å². The summed E-state index contributed by atoms with van der Waals surface area (Å²) in [6, 6.07) is 3.53. The van der Waals surface area contributed by atoms with Gasteiger partial charge in [0.2, 0.25) is 0 Å². The zero-order valence-electron chi connectivity index (χ0n) is 10.9. The summed E-state index contributed by atoms with van der Waals surface area (Å²) in [6.45, 7) is 4.21. The number of pyridine rings is 1. The summed E-state index contributed by atoms with van der Waals surface area (Å²) in [6.07, 6.45) is 2.55. The Balaban J connectivity index is 1.99. The van der Waals surface area contributed by atoms with Crippen LogP contribution in [-0.2, 0) is 0 Å². The fourth-order valence-corrected chi connectivity index (χ4v) is 2.41. The number of likely N-dealkylation sites (tertiary alicyclic amines) is 1. The van der Waals surface area contributed by atoms with Gasteiger partial charge in [0.15, 0.2) is 0 Å². The minimum atomic E-state index is -0.0643. The van der Waals surface area contributed by atoms with Crippen molar-refractivity contribution in [1.29, 1.82) is 0 Å². The second kappa shape index (κ2) is 5.35. The average Bonchev–Trinajstić information content (AvgIpc) is 2.32. The third-order valence-corrected chi connectivity index (χ3v) is 3.47. The molecule has 1 aromatic heterocycles. The standard InChI is InChI=1S/C13H20N4O/c1-9-8-17(2)6-4-11(9)16-13(18)10-3-5-15-12(14)7-10/h3,5,7,9,11H,4,6,8H2,1-2H3,(H2,14,15)(H,16,18). The first-order valence-electron chi connectivity index (χ1n) is 6.27. The molecule has 0 bridgehead atoms. The van der Waals surface area contributed by atoms with Gasteiger partial charge < -0.3 is 16.0 Å². The van der Waals surface area contributed by atoms with Gasteiger partial charge in [-0.3, -0.25) is 4.79 Å². The van der Waals surface area contributed by atoms with Gasteiger partial charge in [-0.15, -0.1) is 0 Å². The van der Waals surface area contributed by atoms with Gasteiger partial charge in [-0.25, -0.2) is 4.98 Å². The Bertz CT molecular complexity index is 435. The molecule has 5 nitrogen and oxygen atoms in total. The largest absolute Gasteiger partial charge is 0.384 e. The van der Waals surface area contributed by atoms with E-state index in [0.29, 0.717) is 17.3 Å². The number of nitrogen functional groups attached to an aromatic ring is 1. The first-order chi connectivity index (χ1) is 8.56. The van der Waals surface area contributed by atoms with Crippen molar-refractivity contribution in [2.24, 2.45) is 5.92 Å². The lowest BCUT2D eigenvalue weighted by Gasteiger charge is -2.35. The minimum absolute atomic E-state index is 0.0643. The average molecular weight is 248 g/mol. The van der Waals surface area contributed by atoms with E-state index in [-0.39, 0.29) is 11.9 Å². The Kier molecular flexibility index (Phi) is 3.81. The molecule has 0 aliphatic carbocycles. The Hall–Kier alpha value is -1.62. The summed E-state index contributed by atoms with van der Waals surface area (Å²) in [5, 5.41) is 3.08. The molecule has 1 aliphatic heterocycles. The molecule has 2 rings (SSSR count). The smallest absolute Gasteiger partial charge is 0.251 e. The second-order valence-corrected chi connectivity index (χ2v) is 5.08. The summed E-state index contributed by atoms with van der Waals surface area (Å²) in [7, 11) is 2.11. The highest BCUT2D eigenvalue weighted by Gasteiger charge is 2.25. The van der Waals surface area contributed by atoms with Crippen molar-refractivity contribution >= 4 is 11.7 Å². The maximum Gasteiger partial charge on any atom is 0.251 e. The SMILES string of the molecule is CC1CN(C)CCC1NC(=O)c1ccnc(N)c1. The summed E-state index contributed by atoms with van der Waals surface area (Å²) in [5.41, 5.74) is 6.15. The molecule has 2 unspecified atom stereocenters. The molecule has 2 atom stereocenters. The van der Waals surface area contributed by atoms with Gasteiger partial charge in [0.1, 0.15) is 5.82 Å². The molecule has 1 saturated heterocycles. The van der Waals surface area contributed by atoms with Crippen LogP contribution in [0.5, 0.6) is 0 Å². The maximum atomic E-state index is 12.1. The normalized spacial score (nSPS) is 24.8. The Morgan fingerprint density at radius 2 is 2.39 bits per heavy atom. The molecule has 5 heteroatoms. The zero-order valence-corrected chi connectivity index (χ0v) is 10.9. The van der Waals surface area contributed by atoms with Gasteiger partial charge in [-0.2, -0.15) is 0 Å². The number of nitrogens with zero attached hydrogens (tertiary/aromatic N) is 2. The molecule has 1 aromatic rings. The van der Waals surface area contributed by atoms with Crippen molar-refractivity contribution < 1.29 is 4.79 Å².